The van der Waals surface area contributed by atoms with Gasteiger partial charge in [-0.3, -0.25) is 0 Å². The number of imidazole rings is 1. The quantitative estimate of drug-likeness (QED) is 0.902. The highest BCUT2D eigenvalue weighted by Gasteiger charge is 2.10. The fourth-order valence-electron chi connectivity index (χ4n) is 1.90. The zero-order chi connectivity index (χ0) is 13.8. The van der Waals surface area contributed by atoms with E-state index in [4.69, 9.17) is 5.73 Å². The largest absolute Gasteiger partial charge is 0.330 e. The van der Waals surface area contributed by atoms with E-state index in [1.807, 2.05) is 6.92 Å². The SMILES string of the molecule is CCC(N)Cc1nccn1Cc1cc(F)ccc1F. The smallest absolute Gasteiger partial charge is 0.128 e. The van der Waals surface area contributed by atoms with Gasteiger partial charge in [0.1, 0.15) is 17.5 Å². The Kier molecular flexibility index (Phi) is 4.27. The Bertz CT molecular complexity index is 551. The molecule has 1 unspecified atom stereocenters. The number of aromatic nitrogens is 2. The normalized spacial score (nSPS) is 12.6. The Hall–Kier alpha value is -1.75. The van der Waals surface area contributed by atoms with Gasteiger partial charge in [0.15, 0.2) is 0 Å². The van der Waals surface area contributed by atoms with Gasteiger partial charge in [-0.05, 0) is 24.6 Å². The average Bonchev–Trinajstić information content (AvgIpc) is 2.81. The highest BCUT2D eigenvalue weighted by Crippen LogP contribution is 2.13. The van der Waals surface area contributed by atoms with Crippen LogP contribution in [0.25, 0.3) is 0 Å². The Morgan fingerprint density at radius 2 is 2.16 bits per heavy atom. The lowest BCUT2D eigenvalue weighted by Crippen LogP contribution is -2.23. The summed E-state index contributed by atoms with van der Waals surface area (Å²) in [7, 11) is 0. The monoisotopic (exact) mass is 265 g/mol. The molecule has 2 aromatic rings. The molecule has 0 aliphatic rings. The van der Waals surface area contributed by atoms with Gasteiger partial charge in [0.25, 0.3) is 0 Å². The Labute approximate surface area is 111 Å². The van der Waals surface area contributed by atoms with E-state index in [0.29, 0.717) is 12.0 Å². The van der Waals surface area contributed by atoms with Gasteiger partial charge in [0, 0.05) is 30.4 Å². The third kappa shape index (κ3) is 3.38. The summed E-state index contributed by atoms with van der Waals surface area (Å²) in [6, 6.07) is 3.48. The summed E-state index contributed by atoms with van der Waals surface area (Å²) in [5, 5.41) is 0. The zero-order valence-corrected chi connectivity index (χ0v) is 10.8. The zero-order valence-electron chi connectivity index (χ0n) is 10.8. The molecule has 1 aromatic heterocycles. The minimum Gasteiger partial charge on any atom is -0.330 e. The van der Waals surface area contributed by atoms with Crippen molar-refractivity contribution in [2.75, 3.05) is 0 Å². The molecule has 0 spiro atoms. The van der Waals surface area contributed by atoms with Crippen LogP contribution in [-0.4, -0.2) is 15.6 Å². The van der Waals surface area contributed by atoms with E-state index in [-0.39, 0.29) is 12.6 Å². The van der Waals surface area contributed by atoms with Crippen molar-refractivity contribution in [3.63, 3.8) is 0 Å². The van der Waals surface area contributed by atoms with Crippen molar-refractivity contribution in [2.45, 2.75) is 32.4 Å². The maximum Gasteiger partial charge on any atom is 0.128 e. The first-order valence-corrected chi connectivity index (χ1v) is 6.29. The Balaban J connectivity index is 2.19. The summed E-state index contributed by atoms with van der Waals surface area (Å²) in [5.74, 6) is -0.0674. The van der Waals surface area contributed by atoms with E-state index < -0.39 is 11.6 Å². The van der Waals surface area contributed by atoms with Crippen molar-refractivity contribution < 1.29 is 8.78 Å². The lowest BCUT2D eigenvalue weighted by Gasteiger charge is -2.12. The molecular weight excluding hydrogens is 248 g/mol. The molecule has 2 rings (SSSR count). The maximum atomic E-state index is 13.6. The van der Waals surface area contributed by atoms with Crippen LogP contribution < -0.4 is 5.73 Å². The van der Waals surface area contributed by atoms with Gasteiger partial charge < -0.3 is 10.3 Å². The van der Waals surface area contributed by atoms with Gasteiger partial charge >= 0.3 is 0 Å². The molecule has 0 saturated carbocycles. The summed E-state index contributed by atoms with van der Waals surface area (Å²) in [6.45, 7) is 2.26. The first-order valence-electron chi connectivity index (χ1n) is 6.29. The number of benzene rings is 1. The van der Waals surface area contributed by atoms with E-state index in [2.05, 4.69) is 4.98 Å². The predicted molar refractivity (Wildman–Crippen MR) is 69.7 cm³/mol. The Morgan fingerprint density at radius 1 is 1.37 bits per heavy atom. The van der Waals surface area contributed by atoms with Gasteiger partial charge in [0.2, 0.25) is 0 Å². The molecule has 0 aliphatic carbocycles. The maximum absolute atomic E-state index is 13.6. The molecule has 1 heterocycles. The lowest BCUT2D eigenvalue weighted by molar-refractivity contribution is 0.562. The molecule has 0 fully saturated rings. The fraction of sp³-hybridized carbons (Fsp3) is 0.357. The summed E-state index contributed by atoms with van der Waals surface area (Å²) in [5.41, 5.74) is 6.20. The van der Waals surface area contributed by atoms with Crippen LogP contribution in [0.4, 0.5) is 8.78 Å². The molecule has 0 aliphatic heterocycles. The van der Waals surface area contributed by atoms with Crippen LogP contribution in [0.1, 0.15) is 24.7 Å². The molecule has 1 atom stereocenters. The second kappa shape index (κ2) is 5.93. The van der Waals surface area contributed by atoms with E-state index >= 15 is 0 Å². The highest BCUT2D eigenvalue weighted by atomic mass is 19.1. The number of nitrogens with two attached hydrogens (primary N) is 1. The number of halogens is 2. The third-order valence-corrected chi connectivity index (χ3v) is 3.12. The van der Waals surface area contributed by atoms with Crippen LogP contribution in [0.2, 0.25) is 0 Å². The average molecular weight is 265 g/mol. The van der Waals surface area contributed by atoms with Crippen molar-refractivity contribution in [1.29, 1.82) is 0 Å². The highest BCUT2D eigenvalue weighted by molar-refractivity contribution is 5.19. The van der Waals surface area contributed by atoms with Crippen molar-refractivity contribution in [3.05, 3.63) is 53.6 Å². The summed E-state index contributed by atoms with van der Waals surface area (Å²) in [6.07, 6.45) is 4.87. The number of hydrogen-bond donors (Lipinski definition) is 1. The first-order chi connectivity index (χ1) is 9.10. The van der Waals surface area contributed by atoms with E-state index in [1.54, 1.807) is 17.0 Å². The molecule has 3 nitrogen and oxygen atoms in total. The standard InChI is InChI=1S/C14H17F2N3/c1-2-12(17)8-14-18-5-6-19(14)9-10-7-11(15)3-4-13(10)16/h3-7,12H,2,8-9,17H2,1H3. The van der Waals surface area contributed by atoms with E-state index in [0.717, 1.165) is 24.4 Å². The van der Waals surface area contributed by atoms with E-state index in [1.165, 1.54) is 6.07 Å². The molecule has 0 bridgehead atoms. The summed E-state index contributed by atoms with van der Waals surface area (Å²) in [4.78, 5) is 4.22. The first kappa shape index (κ1) is 13.7. The van der Waals surface area contributed by atoms with Crippen molar-refractivity contribution in [3.8, 4) is 0 Å². The van der Waals surface area contributed by atoms with Gasteiger partial charge in [-0.25, -0.2) is 13.8 Å². The second-order valence-corrected chi connectivity index (χ2v) is 4.58. The molecular formula is C14H17F2N3. The molecule has 1 aromatic carbocycles. The number of hydrogen-bond acceptors (Lipinski definition) is 2. The van der Waals surface area contributed by atoms with Crippen molar-refractivity contribution >= 4 is 0 Å². The van der Waals surface area contributed by atoms with Crippen molar-refractivity contribution in [2.24, 2.45) is 5.73 Å². The van der Waals surface area contributed by atoms with Crippen LogP contribution in [-0.2, 0) is 13.0 Å². The predicted octanol–water partition coefficient (Wildman–Crippen LogP) is 2.49. The second-order valence-electron chi connectivity index (χ2n) is 4.58. The molecule has 102 valence electrons. The number of rotatable bonds is 5. The van der Waals surface area contributed by atoms with Crippen LogP contribution >= 0.6 is 0 Å². The van der Waals surface area contributed by atoms with Crippen LogP contribution in [0.5, 0.6) is 0 Å². The molecule has 0 radical (unpaired) electrons. The lowest BCUT2D eigenvalue weighted by atomic mass is 10.1. The third-order valence-electron chi connectivity index (χ3n) is 3.12. The topological polar surface area (TPSA) is 43.8 Å². The van der Waals surface area contributed by atoms with Crippen LogP contribution in [0.15, 0.2) is 30.6 Å². The minimum absolute atomic E-state index is 0.0264. The fourth-order valence-corrected chi connectivity index (χ4v) is 1.90. The van der Waals surface area contributed by atoms with Gasteiger partial charge in [0.05, 0.1) is 6.54 Å². The molecule has 5 heteroatoms. The summed E-state index contributed by atoms with van der Waals surface area (Å²) >= 11 is 0. The number of nitrogens with zero attached hydrogens (tertiary/aromatic N) is 2. The molecule has 19 heavy (non-hydrogen) atoms. The van der Waals surface area contributed by atoms with Gasteiger partial charge in [-0.1, -0.05) is 6.92 Å². The Morgan fingerprint density at radius 3 is 2.89 bits per heavy atom. The summed E-state index contributed by atoms with van der Waals surface area (Å²) < 4.78 is 28.5. The van der Waals surface area contributed by atoms with Crippen LogP contribution in [0.3, 0.4) is 0 Å². The van der Waals surface area contributed by atoms with Gasteiger partial charge in [-0.2, -0.15) is 0 Å². The minimum atomic E-state index is -0.441. The van der Waals surface area contributed by atoms with Gasteiger partial charge in [-0.15, -0.1) is 0 Å². The molecule has 0 amide bonds. The van der Waals surface area contributed by atoms with E-state index in [9.17, 15) is 8.78 Å². The molecule has 0 saturated heterocycles. The molecule has 2 N–H and O–H groups in total. The van der Waals surface area contributed by atoms with Crippen molar-refractivity contribution in [1.82, 2.24) is 9.55 Å². The van der Waals surface area contributed by atoms with Crippen LogP contribution in [0, 0.1) is 11.6 Å².